The number of rotatable bonds is 5. The molecule has 0 aliphatic rings. The van der Waals surface area contributed by atoms with Crippen LogP contribution < -0.4 is 10.3 Å². The van der Waals surface area contributed by atoms with E-state index in [0.29, 0.717) is 17.9 Å². The number of carbonyl (C=O) groups excluding carboxylic acids is 1. The maximum Gasteiger partial charge on any atom is 0.330 e. The van der Waals surface area contributed by atoms with Crippen molar-refractivity contribution in [2.24, 2.45) is 0 Å². The fraction of sp³-hybridized carbons (Fsp3) is 0.312. The van der Waals surface area contributed by atoms with Crippen molar-refractivity contribution in [3.05, 3.63) is 46.8 Å². The maximum atomic E-state index is 12.0. The monoisotopic (exact) mass is 302 g/mol. The average Bonchev–Trinajstić information content (AvgIpc) is 2.56. The van der Waals surface area contributed by atoms with E-state index in [2.05, 4.69) is 5.10 Å². The van der Waals surface area contributed by atoms with Crippen molar-refractivity contribution >= 4 is 5.97 Å². The van der Waals surface area contributed by atoms with Crippen LogP contribution in [0.2, 0.25) is 0 Å². The Balaban J connectivity index is 2.50. The zero-order valence-electron chi connectivity index (χ0n) is 12.8. The smallest absolute Gasteiger partial charge is 0.330 e. The van der Waals surface area contributed by atoms with Crippen LogP contribution in [0.1, 0.15) is 19.4 Å². The van der Waals surface area contributed by atoms with Crippen LogP contribution >= 0.6 is 0 Å². The molecule has 1 atom stereocenters. The highest BCUT2D eigenvalue weighted by Gasteiger charge is 2.21. The van der Waals surface area contributed by atoms with E-state index >= 15 is 0 Å². The largest absolute Gasteiger partial charge is 0.497 e. The Morgan fingerprint density at radius 1 is 1.27 bits per heavy atom. The van der Waals surface area contributed by atoms with E-state index in [9.17, 15) is 9.59 Å². The molecule has 1 aromatic carbocycles. The van der Waals surface area contributed by atoms with Gasteiger partial charge >= 0.3 is 5.97 Å². The second-order valence-corrected chi connectivity index (χ2v) is 4.68. The van der Waals surface area contributed by atoms with Crippen molar-refractivity contribution in [2.75, 3.05) is 14.2 Å². The van der Waals surface area contributed by atoms with E-state index < -0.39 is 12.0 Å². The van der Waals surface area contributed by atoms with E-state index in [1.165, 1.54) is 17.9 Å². The highest BCUT2D eigenvalue weighted by atomic mass is 16.5. The molecule has 0 saturated heterocycles. The van der Waals surface area contributed by atoms with Gasteiger partial charge in [0.05, 0.1) is 19.9 Å². The summed E-state index contributed by atoms with van der Waals surface area (Å²) in [5.74, 6) is 0.206. The Labute approximate surface area is 128 Å². The Morgan fingerprint density at radius 3 is 2.68 bits per heavy atom. The number of aromatic nitrogens is 2. The minimum atomic E-state index is -0.733. The molecule has 0 saturated carbocycles. The standard InChI is InChI=1S/C16H18N2O4/c1-4-14(16(20)22-3)18-15(19)9-8-13(17-18)11-6-5-7-12(10-11)21-2/h5-10,14H,4H2,1-3H3. The lowest BCUT2D eigenvalue weighted by Crippen LogP contribution is -2.32. The lowest BCUT2D eigenvalue weighted by Gasteiger charge is -2.15. The minimum Gasteiger partial charge on any atom is -0.497 e. The zero-order chi connectivity index (χ0) is 16.1. The van der Waals surface area contributed by atoms with Gasteiger partial charge < -0.3 is 9.47 Å². The predicted molar refractivity (Wildman–Crippen MR) is 81.8 cm³/mol. The van der Waals surface area contributed by atoms with Gasteiger partial charge in [-0.15, -0.1) is 0 Å². The summed E-state index contributed by atoms with van der Waals surface area (Å²) in [6, 6.07) is 9.62. The third-order valence-electron chi connectivity index (χ3n) is 3.35. The van der Waals surface area contributed by atoms with Crippen LogP contribution in [-0.4, -0.2) is 30.0 Å². The molecule has 1 aromatic heterocycles. The van der Waals surface area contributed by atoms with Crippen molar-refractivity contribution in [3.63, 3.8) is 0 Å². The van der Waals surface area contributed by atoms with E-state index in [-0.39, 0.29) is 5.56 Å². The van der Waals surface area contributed by atoms with Crippen LogP contribution in [0, 0.1) is 0 Å². The molecular weight excluding hydrogens is 284 g/mol. The van der Waals surface area contributed by atoms with Crippen molar-refractivity contribution in [1.82, 2.24) is 9.78 Å². The second kappa shape index (κ2) is 6.89. The number of nitrogens with zero attached hydrogens (tertiary/aromatic N) is 2. The molecule has 0 spiro atoms. The summed E-state index contributed by atoms with van der Waals surface area (Å²) in [6.07, 6.45) is 0.418. The van der Waals surface area contributed by atoms with E-state index in [1.807, 2.05) is 24.3 Å². The fourth-order valence-corrected chi connectivity index (χ4v) is 2.16. The highest BCUT2D eigenvalue weighted by molar-refractivity contribution is 5.74. The third-order valence-corrected chi connectivity index (χ3v) is 3.35. The lowest BCUT2D eigenvalue weighted by molar-refractivity contribution is -0.145. The Morgan fingerprint density at radius 2 is 2.05 bits per heavy atom. The van der Waals surface area contributed by atoms with Gasteiger partial charge in [0.1, 0.15) is 5.75 Å². The van der Waals surface area contributed by atoms with E-state index in [4.69, 9.17) is 9.47 Å². The molecule has 6 nitrogen and oxygen atoms in total. The molecule has 0 bridgehead atoms. The Hall–Kier alpha value is -2.63. The van der Waals surface area contributed by atoms with Gasteiger partial charge in [0.2, 0.25) is 0 Å². The van der Waals surface area contributed by atoms with Crippen LogP contribution in [0.5, 0.6) is 5.75 Å². The van der Waals surface area contributed by atoms with Gasteiger partial charge in [-0.2, -0.15) is 5.10 Å². The number of esters is 1. The zero-order valence-corrected chi connectivity index (χ0v) is 12.8. The summed E-state index contributed by atoms with van der Waals surface area (Å²) in [6.45, 7) is 1.80. The van der Waals surface area contributed by atoms with Crippen molar-refractivity contribution < 1.29 is 14.3 Å². The van der Waals surface area contributed by atoms with Crippen molar-refractivity contribution in [3.8, 4) is 17.0 Å². The highest BCUT2D eigenvalue weighted by Crippen LogP contribution is 2.22. The molecule has 0 fully saturated rings. The molecule has 116 valence electrons. The molecule has 1 unspecified atom stereocenters. The number of hydrogen-bond acceptors (Lipinski definition) is 5. The van der Waals surface area contributed by atoms with Gasteiger partial charge in [0.25, 0.3) is 5.56 Å². The van der Waals surface area contributed by atoms with Crippen LogP contribution in [0.15, 0.2) is 41.2 Å². The number of carbonyl (C=O) groups is 1. The first-order valence-electron chi connectivity index (χ1n) is 6.92. The van der Waals surface area contributed by atoms with Gasteiger partial charge in [0, 0.05) is 11.6 Å². The molecule has 0 aliphatic heterocycles. The van der Waals surface area contributed by atoms with Crippen LogP contribution in [-0.2, 0) is 9.53 Å². The van der Waals surface area contributed by atoms with Gasteiger partial charge in [0.15, 0.2) is 6.04 Å². The summed E-state index contributed by atoms with van der Waals surface area (Å²) in [4.78, 5) is 23.8. The number of benzene rings is 1. The number of methoxy groups -OCH3 is 2. The molecule has 0 N–H and O–H groups in total. The van der Waals surface area contributed by atoms with Crippen LogP contribution in [0.25, 0.3) is 11.3 Å². The summed E-state index contributed by atoms with van der Waals surface area (Å²) >= 11 is 0. The lowest BCUT2D eigenvalue weighted by atomic mass is 10.1. The molecule has 6 heteroatoms. The first-order valence-corrected chi connectivity index (χ1v) is 6.92. The Bertz CT molecular complexity index is 724. The molecule has 0 aliphatic carbocycles. The summed E-state index contributed by atoms with van der Waals surface area (Å²) in [5.41, 5.74) is 1.04. The van der Waals surface area contributed by atoms with Gasteiger partial charge in [-0.1, -0.05) is 19.1 Å². The van der Waals surface area contributed by atoms with Gasteiger partial charge in [-0.25, -0.2) is 9.48 Å². The first-order chi connectivity index (χ1) is 10.6. The van der Waals surface area contributed by atoms with Gasteiger partial charge in [-0.05, 0) is 24.6 Å². The number of hydrogen-bond donors (Lipinski definition) is 0. The Kier molecular flexibility index (Phi) is 4.93. The third kappa shape index (κ3) is 3.16. The normalized spacial score (nSPS) is 11.8. The maximum absolute atomic E-state index is 12.0. The summed E-state index contributed by atoms with van der Waals surface area (Å²) < 4.78 is 11.1. The van der Waals surface area contributed by atoms with E-state index in [1.54, 1.807) is 20.1 Å². The quantitative estimate of drug-likeness (QED) is 0.790. The molecule has 2 rings (SSSR count). The summed E-state index contributed by atoms with van der Waals surface area (Å²) in [7, 11) is 2.87. The first kappa shape index (κ1) is 15.8. The topological polar surface area (TPSA) is 70.4 Å². The average molecular weight is 302 g/mol. The molecular formula is C16H18N2O4. The SMILES string of the molecule is CCC(C(=O)OC)n1nc(-c2cccc(OC)c2)ccc1=O. The second-order valence-electron chi connectivity index (χ2n) is 4.68. The number of ether oxygens (including phenoxy) is 2. The van der Waals surface area contributed by atoms with E-state index in [0.717, 1.165) is 5.56 Å². The van der Waals surface area contributed by atoms with Crippen LogP contribution in [0.4, 0.5) is 0 Å². The van der Waals surface area contributed by atoms with Crippen molar-refractivity contribution in [2.45, 2.75) is 19.4 Å². The van der Waals surface area contributed by atoms with Gasteiger partial charge in [-0.3, -0.25) is 4.79 Å². The molecule has 1 heterocycles. The fourth-order valence-electron chi connectivity index (χ4n) is 2.16. The predicted octanol–water partition coefficient (Wildman–Crippen LogP) is 2.04. The molecule has 0 amide bonds. The minimum absolute atomic E-state index is 0.344. The molecule has 22 heavy (non-hydrogen) atoms. The molecule has 2 aromatic rings. The molecule has 0 radical (unpaired) electrons. The van der Waals surface area contributed by atoms with Crippen molar-refractivity contribution in [1.29, 1.82) is 0 Å². The summed E-state index contributed by atoms with van der Waals surface area (Å²) in [5, 5.41) is 4.31. The van der Waals surface area contributed by atoms with Crippen LogP contribution in [0.3, 0.4) is 0 Å².